The molecule has 1 aromatic carbocycles. The van der Waals surface area contributed by atoms with Gasteiger partial charge in [-0.15, -0.1) is 11.3 Å². The maximum Gasteiger partial charge on any atom is 0.263 e. The van der Waals surface area contributed by atoms with Crippen molar-refractivity contribution in [2.24, 2.45) is 0 Å². The van der Waals surface area contributed by atoms with Gasteiger partial charge in [0.25, 0.3) is 5.91 Å². The SMILES string of the molecule is CNC(C)CNC(=O)c1sc(-c2ccccc2)nc1C. The molecule has 1 amide bonds. The number of aromatic nitrogens is 1. The number of hydrogen-bond donors (Lipinski definition) is 2. The molecule has 4 nitrogen and oxygen atoms in total. The second-order valence-corrected chi connectivity index (χ2v) is 5.70. The van der Waals surface area contributed by atoms with Gasteiger partial charge in [-0.05, 0) is 20.9 Å². The van der Waals surface area contributed by atoms with Crippen molar-refractivity contribution in [2.75, 3.05) is 13.6 Å². The number of benzene rings is 1. The first-order valence-electron chi connectivity index (χ1n) is 6.60. The van der Waals surface area contributed by atoms with Gasteiger partial charge in [0.1, 0.15) is 9.88 Å². The van der Waals surface area contributed by atoms with Gasteiger partial charge in [-0.1, -0.05) is 30.3 Å². The highest BCUT2D eigenvalue weighted by atomic mass is 32.1. The Kier molecular flexibility index (Phi) is 4.87. The van der Waals surface area contributed by atoms with Gasteiger partial charge in [0.2, 0.25) is 0 Å². The van der Waals surface area contributed by atoms with Crippen LogP contribution in [0.3, 0.4) is 0 Å². The molecule has 0 aliphatic carbocycles. The van der Waals surface area contributed by atoms with Crippen LogP contribution >= 0.6 is 11.3 Å². The smallest absolute Gasteiger partial charge is 0.263 e. The van der Waals surface area contributed by atoms with Crippen molar-refractivity contribution in [2.45, 2.75) is 19.9 Å². The van der Waals surface area contributed by atoms with Gasteiger partial charge in [-0.25, -0.2) is 4.98 Å². The lowest BCUT2D eigenvalue weighted by molar-refractivity contribution is 0.0954. The largest absolute Gasteiger partial charge is 0.350 e. The predicted octanol–water partition coefficient (Wildman–Crippen LogP) is 2.46. The van der Waals surface area contributed by atoms with Crippen LogP contribution in [0, 0.1) is 6.92 Å². The molecule has 1 heterocycles. The highest BCUT2D eigenvalue weighted by Crippen LogP contribution is 2.27. The van der Waals surface area contributed by atoms with Gasteiger partial charge in [-0.3, -0.25) is 4.79 Å². The van der Waals surface area contributed by atoms with Crippen LogP contribution in [-0.2, 0) is 0 Å². The summed E-state index contributed by atoms with van der Waals surface area (Å²) in [5.41, 5.74) is 1.83. The Balaban J connectivity index is 2.13. The molecule has 5 heteroatoms. The van der Waals surface area contributed by atoms with E-state index in [1.807, 2.05) is 51.2 Å². The number of thiazole rings is 1. The number of amides is 1. The van der Waals surface area contributed by atoms with E-state index in [4.69, 9.17) is 0 Å². The van der Waals surface area contributed by atoms with Crippen molar-refractivity contribution in [3.63, 3.8) is 0 Å². The van der Waals surface area contributed by atoms with E-state index in [1.54, 1.807) is 0 Å². The van der Waals surface area contributed by atoms with Crippen molar-refractivity contribution in [1.82, 2.24) is 15.6 Å². The molecule has 1 aromatic heterocycles. The van der Waals surface area contributed by atoms with Crippen molar-refractivity contribution >= 4 is 17.2 Å². The van der Waals surface area contributed by atoms with E-state index in [0.717, 1.165) is 16.3 Å². The van der Waals surface area contributed by atoms with Gasteiger partial charge in [0.15, 0.2) is 0 Å². The molecule has 20 heavy (non-hydrogen) atoms. The van der Waals surface area contributed by atoms with Crippen LogP contribution in [0.15, 0.2) is 30.3 Å². The fourth-order valence-electron chi connectivity index (χ4n) is 1.74. The molecule has 2 N–H and O–H groups in total. The number of carbonyl (C=O) groups excluding carboxylic acids is 1. The molecule has 0 saturated heterocycles. The molecule has 2 rings (SSSR count). The zero-order chi connectivity index (χ0) is 14.5. The Morgan fingerprint density at radius 2 is 2.05 bits per heavy atom. The van der Waals surface area contributed by atoms with Gasteiger partial charge in [-0.2, -0.15) is 0 Å². The van der Waals surface area contributed by atoms with Crippen LogP contribution < -0.4 is 10.6 Å². The van der Waals surface area contributed by atoms with Gasteiger partial charge < -0.3 is 10.6 Å². The summed E-state index contributed by atoms with van der Waals surface area (Å²) in [7, 11) is 1.88. The highest BCUT2D eigenvalue weighted by molar-refractivity contribution is 7.17. The van der Waals surface area contributed by atoms with Crippen molar-refractivity contribution in [3.05, 3.63) is 40.9 Å². The number of hydrogen-bond acceptors (Lipinski definition) is 4. The average molecular weight is 289 g/mol. The van der Waals surface area contributed by atoms with E-state index in [1.165, 1.54) is 11.3 Å². The Hall–Kier alpha value is -1.72. The van der Waals surface area contributed by atoms with Gasteiger partial charge in [0, 0.05) is 18.2 Å². The number of rotatable bonds is 5. The monoisotopic (exact) mass is 289 g/mol. The summed E-state index contributed by atoms with van der Waals surface area (Å²) in [6.07, 6.45) is 0. The van der Waals surface area contributed by atoms with E-state index < -0.39 is 0 Å². The van der Waals surface area contributed by atoms with E-state index in [-0.39, 0.29) is 11.9 Å². The molecule has 0 radical (unpaired) electrons. The minimum Gasteiger partial charge on any atom is -0.350 e. The van der Waals surface area contributed by atoms with E-state index >= 15 is 0 Å². The Bertz CT molecular complexity index is 580. The third-order valence-corrected chi connectivity index (χ3v) is 4.29. The van der Waals surface area contributed by atoms with Gasteiger partial charge >= 0.3 is 0 Å². The van der Waals surface area contributed by atoms with Crippen molar-refractivity contribution in [1.29, 1.82) is 0 Å². The van der Waals surface area contributed by atoms with Gasteiger partial charge in [0.05, 0.1) is 5.69 Å². The summed E-state index contributed by atoms with van der Waals surface area (Å²) in [4.78, 5) is 17.3. The predicted molar refractivity (Wildman–Crippen MR) is 83.1 cm³/mol. The second-order valence-electron chi connectivity index (χ2n) is 4.70. The lowest BCUT2D eigenvalue weighted by Gasteiger charge is -2.10. The first-order chi connectivity index (χ1) is 9.61. The summed E-state index contributed by atoms with van der Waals surface area (Å²) in [5, 5.41) is 6.90. The fraction of sp³-hybridized carbons (Fsp3) is 0.333. The van der Waals surface area contributed by atoms with Crippen LogP contribution in [0.4, 0.5) is 0 Å². The summed E-state index contributed by atoms with van der Waals surface area (Å²) in [5.74, 6) is -0.0516. The van der Waals surface area contributed by atoms with Crippen molar-refractivity contribution in [3.8, 4) is 10.6 Å². The first kappa shape index (κ1) is 14.7. The Labute approximate surface area is 123 Å². The van der Waals surface area contributed by atoms with Crippen LogP contribution in [0.25, 0.3) is 10.6 Å². The molecule has 0 bridgehead atoms. The van der Waals surface area contributed by atoms with Crippen LogP contribution in [0.2, 0.25) is 0 Å². The van der Waals surface area contributed by atoms with Crippen molar-refractivity contribution < 1.29 is 4.79 Å². The topological polar surface area (TPSA) is 54.0 Å². The van der Waals surface area contributed by atoms with E-state index in [0.29, 0.717) is 11.4 Å². The molecular formula is C15H19N3OS. The third-order valence-electron chi connectivity index (χ3n) is 3.09. The average Bonchev–Trinajstić information content (AvgIpc) is 2.87. The number of likely N-dealkylation sites (N-methyl/N-ethyl adjacent to an activating group) is 1. The van der Waals surface area contributed by atoms with E-state index in [2.05, 4.69) is 15.6 Å². The normalized spacial score (nSPS) is 12.2. The summed E-state index contributed by atoms with van der Waals surface area (Å²) in [6, 6.07) is 10.2. The molecule has 0 spiro atoms. The third kappa shape index (κ3) is 3.43. The highest BCUT2D eigenvalue weighted by Gasteiger charge is 2.16. The summed E-state index contributed by atoms with van der Waals surface area (Å²) in [6.45, 7) is 4.50. The van der Waals surface area contributed by atoms with Crippen LogP contribution in [0.5, 0.6) is 0 Å². The Morgan fingerprint density at radius 3 is 2.70 bits per heavy atom. The minimum atomic E-state index is -0.0516. The number of aryl methyl sites for hydroxylation is 1. The zero-order valence-corrected chi connectivity index (χ0v) is 12.8. The second kappa shape index (κ2) is 6.63. The summed E-state index contributed by atoms with van der Waals surface area (Å²) < 4.78 is 0. The standard InChI is InChI=1S/C15H19N3OS/c1-10(16-3)9-17-14(19)13-11(2)18-15(20-13)12-7-5-4-6-8-12/h4-8,10,16H,9H2,1-3H3,(H,17,19). The first-order valence-corrected chi connectivity index (χ1v) is 7.41. The van der Waals surface area contributed by atoms with E-state index in [9.17, 15) is 4.79 Å². The molecule has 1 atom stereocenters. The fourth-order valence-corrected chi connectivity index (χ4v) is 2.73. The van der Waals surface area contributed by atoms with Crippen LogP contribution in [-0.4, -0.2) is 30.5 Å². The molecule has 106 valence electrons. The summed E-state index contributed by atoms with van der Waals surface area (Å²) >= 11 is 1.44. The lowest BCUT2D eigenvalue weighted by atomic mass is 10.2. The molecule has 0 fully saturated rings. The quantitative estimate of drug-likeness (QED) is 0.889. The number of carbonyl (C=O) groups is 1. The number of nitrogens with zero attached hydrogens (tertiary/aromatic N) is 1. The lowest BCUT2D eigenvalue weighted by Crippen LogP contribution is -2.37. The van der Waals surface area contributed by atoms with Crippen LogP contribution in [0.1, 0.15) is 22.3 Å². The number of nitrogens with one attached hydrogen (secondary N) is 2. The molecule has 0 aliphatic heterocycles. The molecule has 0 saturated carbocycles. The molecule has 1 unspecified atom stereocenters. The zero-order valence-electron chi connectivity index (χ0n) is 11.9. The Morgan fingerprint density at radius 1 is 1.35 bits per heavy atom. The minimum absolute atomic E-state index is 0.0516. The molecule has 0 aliphatic rings. The molecule has 2 aromatic rings. The maximum atomic E-state index is 12.2. The molecular weight excluding hydrogens is 270 g/mol. The maximum absolute atomic E-state index is 12.2.